The Balaban J connectivity index is 2.24. The van der Waals surface area contributed by atoms with Gasteiger partial charge in [-0.05, 0) is 18.2 Å². The second-order valence-electron chi connectivity index (χ2n) is 3.59. The van der Waals surface area contributed by atoms with Crippen LogP contribution in [0.2, 0.25) is 0 Å². The number of hydrogen-bond acceptors (Lipinski definition) is 5. The van der Waals surface area contributed by atoms with Gasteiger partial charge in [-0.1, -0.05) is 0 Å². The molecule has 0 bridgehead atoms. The van der Waals surface area contributed by atoms with Gasteiger partial charge in [0.25, 0.3) is 5.56 Å². The molecule has 0 aliphatic heterocycles. The maximum Gasteiger partial charge on any atom is 0.258 e. The fourth-order valence-electron chi connectivity index (χ4n) is 1.61. The van der Waals surface area contributed by atoms with Crippen molar-refractivity contribution in [2.75, 3.05) is 0 Å². The third kappa shape index (κ3) is 1.59. The van der Waals surface area contributed by atoms with E-state index >= 15 is 0 Å². The van der Waals surface area contributed by atoms with Gasteiger partial charge in [0, 0.05) is 12.5 Å². The van der Waals surface area contributed by atoms with Gasteiger partial charge in [-0.25, -0.2) is 4.98 Å². The molecular formula is C11H8N4O2. The van der Waals surface area contributed by atoms with Crippen LogP contribution in [0.1, 0.15) is 5.89 Å². The minimum atomic E-state index is -0.164. The van der Waals surface area contributed by atoms with Gasteiger partial charge in [-0.3, -0.25) is 4.79 Å². The SMILES string of the molecule is Cc1nnc(-c2ccc3c(=O)[nH]cnc3c2)o1. The zero-order valence-electron chi connectivity index (χ0n) is 8.97. The molecule has 0 atom stereocenters. The highest BCUT2D eigenvalue weighted by Crippen LogP contribution is 2.20. The van der Waals surface area contributed by atoms with E-state index in [-0.39, 0.29) is 5.56 Å². The number of nitrogens with one attached hydrogen (secondary N) is 1. The van der Waals surface area contributed by atoms with Crippen molar-refractivity contribution in [2.24, 2.45) is 0 Å². The van der Waals surface area contributed by atoms with Crippen LogP contribution in [0.4, 0.5) is 0 Å². The molecule has 0 unspecified atom stereocenters. The Kier molecular flexibility index (Phi) is 2.01. The number of aryl methyl sites for hydroxylation is 1. The molecule has 2 heterocycles. The van der Waals surface area contributed by atoms with Crippen LogP contribution in [-0.2, 0) is 0 Å². The van der Waals surface area contributed by atoms with Crippen LogP contribution in [0, 0.1) is 6.92 Å². The molecule has 0 spiro atoms. The van der Waals surface area contributed by atoms with Crippen molar-refractivity contribution in [1.82, 2.24) is 20.2 Å². The Morgan fingerprint density at radius 3 is 2.94 bits per heavy atom. The zero-order valence-corrected chi connectivity index (χ0v) is 8.97. The molecule has 0 radical (unpaired) electrons. The monoisotopic (exact) mass is 228 g/mol. The first-order valence-electron chi connectivity index (χ1n) is 5.02. The largest absolute Gasteiger partial charge is 0.421 e. The summed E-state index contributed by atoms with van der Waals surface area (Å²) < 4.78 is 5.31. The van der Waals surface area contributed by atoms with Crippen LogP contribution >= 0.6 is 0 Å². The van der Waals surface area contributed by atoms with Gasteiger partial charge in [-0.2, -0.15) is 0 Å². The highest BCUT2D eigenvalue weighted by atomic mass is 16.4. The normalized spacial score (nSPS) is 10.9. The van der Waals surface area contributed by atoms with Gasteiger partial charge in [-0.15, -0.1) is 10.2 Å². The lowest BCUT2D eigenvalue weighted by atomic mass is 10.1. The van der Waals surface area contributed by atoms with E-state index in [1.165, 1.54) is 6.33 Å². The Morgan fingerprint density at radius 2 is 2.18 bits per heavy atom. The summed E-state index contributed by atoms with van der Waals surface area (Å²) in [7, 11) is 0. The lowest BCUT2D eigenvalue weighted by molar-refractivity contribution is 0.533. The molecular weight excluding hydrogens is 220 g/mol. The van der Waals surface area contributed by atoms with Gasteiger partial charge in [0.2, 0.25) is 11.8 Å². The molecule has 0 saturated heterocycles. The summed E-state index contributed by atoms with van der Waals surface area (Å²) in [6.07, 6.45) is 1.37. The summed E-state index contributed by atoms with van der Waals surface area (Å²) in [6, 6.07) is 5.19. The fraction of sp³-hybridized carbons (Fsp3) is 0.0909. The van der Waals surface area contributed by atoms with Gasteiger partial charge >= 0.3 is 0 Å². The first-order chi connectivity index (χ1) is 8.24. The molecule has 3 rings (SSSR count). The van der Waals surface area contributed by atoms with E-state index in [1.54, 1.807) is 25.1 Å². The second kappa shape index (κ2) is 3.51. The van der Waals surface area contributed by atoms with Gasteiger partial charge in [0.05, 0.1) is 17.2 Å². The fourth-order valence-corrected chi connectivity index (χ4v) is 1.61. The maximum absolute atomic E-state index is 11.5. The van der Waals surface area contributed by atoms with Gasteiger partial charge < -0.3 is 9.40 Å². The number of nitrogens with zero attached hydrogens (tertiary/aromatic N) is 3. The predicted molar refractivity (Wildman–Crippen MR) is 60.4 cm³/mol. The summed E-state index contributed by atoms with van der Waals surface area (Å²) in [5.74, 6) is 0.922. The lowest BCUT2D eigenvalue weighted by Crippen LogP contribution is -2.05. The second-order valence-corrected chi connectivity index (χ2v) is 3.59. The van der Waals surface area contributed by atoms with Crippen molar-refractivity contribution in [2.45, 2.75) is 6.92 Å². The van der Waals surface area contributed by atoms with Crippen molar-refractivity contribution < 1.29 is 4.42 Å². The predicted octanol–water partition coefficient (Wildman–Crippen LogP) is 1.28. The van der Waals surface area contributed by atoms with Crippen LogP contribution in [0.3, 0.4) is 0 Å². The van der Waals surface area contributed by atoms with Crippen LogP contribution in [0.15, 0.2) is 33.7 Å². The van der Waals surface area contributed by atoms with Crippen LogP contribution in [-0.4, -0.2) is 20.2 Å². The number of benzene rings is 1. The Morgan fingerprint density at radius 1 is 1.29 bits per heavy atom. The average Bonchev–Trinajstić information content (AvgIpc) is 2.76. The highest BCUT2D eigenvalue weighted by molar-refractivity contribution is 5.81. The number of fused-ring (bicyclic) bond motifs is 1. The van der Waals surface area contributed by atoms with E-state index in [9.17, 15) is 4.79 Å². The maximum atomic E-state index is 11.5. The smallest absolute Gasteiger partial charge is 0.258 e. The first-order valence-corrected chi connectivity index (χ1v) is 5.02. The quantitative estimate of drug-likeness (QED) is 0.678. The molecule has 84 valence electrons. The third-order valence-electron chi connectivity index (χ3n) is 2.41. The van der Waals surface area contributed by atoms with E-state index in [4.69, 9.17) is 4.42 Å². The molecule has 6 heteroatoms. The number of hydrogen-bond donors (Lipinski definition) is 1. The van der Waals surface area contributed by atoms with E-state index < -0.39 is 0 Å². The summed E-state index contributed by atoms with van der Waals surface area (Å²) in [5, 5.41) is 8.21. The molecule has 1 N–H and O–H groups in total. The lowest BCUT2D eigenvalue weighted by Gasteiger charge is -1.97. The van der Waals surface area contributed by atoms with Crippen molar-refractivity contribution in [1.29, 1.82) is 0 Å². The first kappa shape index (κ1) is 9.71. The van der Waals surface area contributed by atoms with E-state index in [0.29, 0.717) is 22.7 Å². The van der Waals surface area contributed by atoms with Crippen molar-refractivity contribution >= 4 is 10.9 Å². The number of aromatic amines is 1. The number of rotatable bonds is 1. The molecule has 17 heavy (non-hydrogen) atoms. The molecule has 3 aromatic rings. The number of H-pyrrole nitrogens is 1. The summed E-state index contributed by atoms with van der Waals surface area (Å²) in [6.45, 7) is 1.72. The van der Waals surface area contributed by atoms with E-state index in [2.05, 4.69) is 20.2 Å². The van der Waals surface area contributed by atoms with Crippen molar-refractivity contribution in [3.63, 3.8) is 0 Å². The molecule has 6 nitrogen and oxygen atoms in total. The summed E-state index contributed by atoms with van der Waals surface area (Å²) in [4.78, 5) is 18.1. The van der Waals surface area contributed by atoms with Crippen LogP contribution < -0.4 is 5.56 Å². The van der Waals surface area contributed by atoms with E-state index in [0.717, 1.165) is 5.56 Å². The van der Waals surface area contributed by atoms with Gasteiger partial charge in [0.15, 0.2) is 0 Å². The molecule has 0 aliphatic rings. The minimum absolute atomic E-state index is 0.164. The van der Waals surface area contributed by atoms with E-state index in [1.807, 2.05) is 0 Å². The highest BCUT2D eigenvalue weighted by Gasteiger charge is 2.08. The van der Waals surface area contributed by atoms with Gasteiger partial charge in [0.1, 0.15) is 0 Å². The number of aromatic nitrogens is 4. The van der Waals surface area contributed by atoms with Crippen molar-refractivity contribution in [3.05, 3.63) is 40.8 Å². The van der Waals surface area contributed by atoms with Crippen LogP contribution in [0.25, 0.3) is 22.4 Å². The Bertz CT molecular complexity index is 744. The third-order valence-corrected chi connectivity index (χ3v) is 2.41. The summed E-state index contributed by atoms with van der Waals surface area (Å²) in [5.41, 5.74) is 1.18. The molecule has 0 amide bonds. The molecule has 0 aliphatic carbocycles. The zero-order chi connectivity index (χ0) is 11.8. The minimum Gasteiger partial charge on any atom is -0.421 e. The van der Waals surface area contributed by atoms with Crippen LogP contribution in [0.5, 0.6) is 0 Å². The average molecular weight is 228 g/mol. The Labute approximate surface area is 95.3 Å². The molecule has 2 aromatic heterocycles. The standard InChI is InChI=1S/C11H8N4O2/c1-6-14-15-11(17-6)7-2-3-8-9(4-7)12-5-13-10(8)16/h2-5H,1H3,(H,12,13,16). The molecule has 0 fully saturated rings. The topological polar surface area (TPSA) is 84.7 Å². The Hall–Kier alpha value is -2.50. The molecule has 1 aromatic carbocycles. The summed E-state index contributed by atoms with van der Waals surface area (Å²) >= 11 is 0. The van der Waals surface area contributed by atoms with Crippen molar-refractivity contribution in [3.8, 4) is 11.5 Å². The molecule has 0 saturated carbocycles.